The van der Waals surface area contributed by atoms with Crippen molar-refractivity contribution in [3.63, 3.8) is 0 Å². The number of amides is 1. The first-order valence-corrected chi connectivity index (χ1v) is 9.61. The van der Waals surface area contributed by atoms with E-state index in [1.165, 1.54) is 0 Å². The van der Waals surface area contributed by atoms with E-state index >= 15 is 0 Å². The lowest BCUT2D eigenvalue weighted by atomic mass is 10.1. The Morgan fingerprint density at radius 3 is 2.04 bits per heavy atom. The van der Waals surface area contributed by atoms with E-state index in [-0.39, 0.29) is 25.7 Å². The van der Waals surface area contributed by atoms with Crippen molar-refractivity contribution in [2.45, 2.75) is 38.9 Å². The van der Waals surface area contributed by atoms with Crippen LogP contribution in [0.15, 0.2) is 0 Å². The zero-order valence-electron chi connectivity index (χ0n) is 13.9. The Morgan fingerprint density at radius 1 is 1.09 bits per heavy atom. The average Bonchev–Trinajstić information content (AvgIpc) is 2.52. The maximum atomic E-state index is 12.4. The standard InChI is InChI=1S/C13H25BrN2O6S/c1-12(2)11(17)15(13(3,4)16(12)14)5-6-21-7-8-22-9-10-23(18,19)20/h5-10H2,1-4H3,(H,18,19,20). The lowest BCUT2D eigenvalue weighted by molar-refractivity contribution is -0.134. The zero-order valence-corrected chi connectivity index (χ0v) is 16.3. The highest BCUT2D eigenvalue weighted by atomic mass is 79.9. The molecule has 0 spiro atoms. The lowest BCUT2D eigenvalue weighted by Gasteiger charge is -2.35. The highest BCUT2D eigenvalue weighted by molar-refractivity contribution is 9.07. The van der Waals surface area contributed by atoms with E-state index in [1.54, 1.807) is 4.90 Å². The molecule has 0 aromatic carbocycles. The normalized spacial score (nSPS) is 21.1. The SMILES string of the molecule is CC1(C)C(=O)N(CCOCCOCCS(=O)(=O)O)C(C)(C)N1Br. The molecule has 10 heteroatoms. The van der Waals surface area contributed by atoms with E-state index in [4.69, 9.17) is 14.0 Å². The van der Waals surface area contributed by atoms with Gasteiger partial charge in [-0.15, -0.1) is 0 Å². The van der Waals surface area contributed by atoms with Crippen molar-refractivity contribution in [2.75, 3.05) is 38.7 Å². The van der Waals surface area contributed by atoms with Crippen molar-refractivity contribution < 1.29 is 27.2 Å². The third kappa shape index (κ3) is 5.36. The van der Waals surface area contributed by atoms with Gasteiger partial charge in [-0.1, -0.05) is 0 Å². The van der Waals surface area contributed by atoms with Crippen molar-refractivity contribution in [1.82, 2.24) is 8.83 Å². The fourth-order valence-corrected chi connectivity index (χ4v) is 3.14. The van der Waals surface area contributed by atoms with Crippen LogP contribution in [0.5, 0.6) is 0 Å². The first kappa shape index (κ1) is 20.8. The second kappa shape index (κ2) is 7.75. The molecule has 0 radical (unpaired) electrons. The van der Waals surface area contributed by atoms with Crippen molar-refractivity contribution in [1.29, 1.82) is 0 Å². The maximum Gasteiger partial charge on any atom is 0.267 e. The Kier molecular flexibility index (Phi) is 7.00. The fraction of sp³-hybridized carbons (Fsp3) is 0.923. The molecule has 0 aliphatic carbocycles. The fourth-order valence-electron chi connectivity index (χ4n) is 2.47. The molecule has 0 aromatic heterocycles. The minimum Gasteiger partial charge on any atom is -0.378 e. The third-order valence-electron chi connectivity index (χ3n) is 3.72. The quantitative estimate of drug-likeness (QED) is 0.338. The Labute approximate surface area is 146 Å². The minimum absolute atomic E-state index is 0.0207. The van der Waals surface area contributed by atoms with Crippen LogP contribution in [0.3, 0.4) is 0 Å². The minimum atomic E-state index is -3.99. The van der Waals surface area contributed by atoms with E-state index in [9.17, 15) is 13.2 Å². The Bertz CT molecular complexity index is 523. The first-order valence-electron chi connectivity index (χ1n) is 7.29. The highest BCUT2D eigenvalue weighted by Gasteiger charge is 2.55. The number of nitrogens with zero attached hydrogens (tertiary/aromatic N) is 2. The molecular formula is C13H25BrN2O6S. The second-order valence-corrected chi connectivity index (χ2v) is 8.58. The van der Waals surface area contributed by atoms with Crippen LogP contribution in [-0.4, -0.2) is 77.6 Å². The molecule has 0 bridgehead atoms. The summed E-state index contributed by atoms with van der Waals surface area (Å²) >= 11 is 3.47. The Morgan fingerprint density at radius 2 is 1.61 bits per heavy atom. The van der Waals surface area contributed by atoms with Gasteiger partial charge in [0.15, 0.2) is 0 Å². The molecule has 23 heavy (non-hydrogen) atoms. The van der Waals surface area contributed by atoms with Crippen LogP contribution in [0, 0.1) is 0 Å². The number of halogens is 1. The van der Waals surface area contributed by atoms with Gasteiger partial charge in [0.25, 0.3) is 10.1 Å². The first-order chi connectivity index (χ1) is 10.4. The van der Waals surface area contributed by atoms with Crippen molar-refractivity contribution in [2.24, 2.45) is 0 Å². The maximum absolute atomic E-state index is 12.4. The molecule has 1 rings (SSSR count). The van der Waals surface area contributed by atoms with Crippen LogP contribution in [0.1, 0.15) is 27.7 Å². The summed E-state index contributed by atoms with van der Waals surface area (Å²) in [5, 5.41) is 0. The highest BCUT2D eigenvalue weighted by Crippen LogP contribution is 2.40. The summed E-state index contributed by atoms with van der Waals surface area (Å²) in [5.41, 5.74) is -1.08. The largest absolute Gasteiger partial charge is 0.378 e. The third-order valence-corrected chi connectivity index (χ3v) is 6.15. The van der Waals surface area contributed by atoms with Crippen LogP contribution in [0.2, 0.25) is 0 Å². The molecule has 0 aromatic rings. The topological polar surface area (TPSA) is 96.4 Å². The monoisotopic (exact) mass is 416 g/mol. The Hall–Kier alpha value is -0.260. The van der Waals surface area contributed by atoms with Gasteiger partial charge in [-0.05, 0) is 27.7 Å². The molecular weight excluding hydrogens is 392 g/mol. The summed E-state index contributed by atoms with van der Waals surface area (Å²) in [6.07, 6.45) is 0. The second-order valence-electron chi connectivity index (χ2n) is 6.30. The van der Waals surface area contributed by atoms with Gasteiger partial charge in [-0.2, -0.15) is 8.42 Å². The molecule has 1 heterocycles. The molecule has 136 valence electrons. The molecule has 1 amide bonds. The molecule has 1 N–H and O–H groups in total. The van der Waals surface area contributed by atoms with Crippen LogP contribution in [-0.2, 0) is 24.4 Å². The van der Waals surface area contributed by atoms with Crippen molar-refractivity contribution >= 4 is 32.2 Å². The zero-order chi connectivity index (χ0) is 17.9. The number of carbonyl (C=O) groups is 1. The number of carbonyl (C=O) groups excluding carboxylic acids is 1. The van der Waals surface area contributed by atoms with E-state index in [0.29, 0.717) is 13.2 Å². The van der Waals surface area contributed by atoms with Gasteiger partial charge in [0.05, 0.1) is 32.2 Å². The molecule has 1 saturated heterocycles. The predicted octanol–water partition coefficient (Wildman–Crippen LogP) is 0.876. The molecule has 0 unspecified atom stereocenters. The number of ether oxygens (including phenoxy) is 2. The van der Waals surface area contributed by atoms with Gasteiger partial charge in [-0.3, -0.25) is 9.35 Å². The molecule has 1 aliphatic heterocycles. The van der Waals surface area contributed by atoms with E-state index in [2.05, 4.69) is 16.1 Å². The van der Waals surface area contributed by atoms with Crippen LogP contribution in [0.25, 0.3) is 0 Å². The number of rotatable bonds is 9. The van der Waals surface area contributed by atoms with Crippen molar-refractivity contribution in [3.05, 3.63) is 0 Å². The summed E-state index contributed by atoms with van der Waals surface area (Å²) in [4.78, 5) is 14.2. The van der Waals surface area contributed by atoms with Crippen LogP contribution >= 0.6 is 16.1 Å². The molecule has 0 atom stereocenters. The summed E-state index contributed by atoms with van der Waals surface area (Å²) in [6, 6.07) is 0. The van der Waals surface area contributed by atoms with Gasteiger partial charge in [0.2, 0.25) is 5.91 Å². The Balaban J connectivity index is 2.27. The predicted molar refractivity (Wildman–Crippen MR) is 88.7 cm³/mol. The summed E-state index contributed by atoms with van der Waals surface area (Å²) in [7, 11) is -3.99. The van der Waals surface area contributed by atoms with E-state index in [0.717, 1.165) is 0 Å². The van der Waals surface area contributed by atoms with Gasteiger partial charge in [0.1, 0.15) is 11.2 Å². The lowest BCUT2D eigenvalue weighted by Crippen LogP contribution is -2.47. The van der Waals surface area contributed by atoms with Gasteiger partial charge >= 0.3 is 0 Å². The van der Waals surface area contributed by atoms with Gasteiger partial charge < -0.3 is 14.4 Å². The molecule has 8 nitrogen and oxygen atoms in total. The summed E-state index contributed by atoms with van der Waals surface area (Å²) < 4.78 is 41.8. The smallest absolute Gasteiger partial charge is 0.267 e. The van der Waals surface area contributed by atoms with Crippen LogP contribution < -0.4 is 0 Å². The van der Waals surface area contributed by atoms with E-state index in [1.807, 2.05) is 31.6 Å². The van der Waals surface area contributed by atoms with Crippen LogP contribution in [0.4, 0.5) is 0 Å². The number of hydrogen-bond acceptors (Lipinski definition) is 6. The summed E-state index contributed by atoms with van der Waals surface area (Å²) in [5.74, 6) is -0.410. The van der Waals surface area contributed by atoms with Crippen molar-refractivity contribution in [3.8, 4) is 0 Å². The average molecular weight is 417 g/mol. The molecule has 0 saturated carbocycles. The van der Waals surface area contributed by atoms with Gasteiger partial charge in [0, 0.05) is 22.7 Å². The van der Waals surface area contributed by atoms with Gasteiger partial charge in [-0.25, -0.2) is 3.93 Å². The number of hydrogen-bond donors (Lipinski definition) is 1. The summed E-state index contributed by atoms with van der Waals surface area (Å²) in [6.45, 7) is 8.85. The molecule has 1 fully saturated rings. The van der Waals surface area contributed by atoms with E-state index < -0.39 is 27.1 Å². The molecule has 1 aliphatic rings.